The monoisotopic (exact) mass is 1060 g/mol. The molecule has 19 heteroatoms. The third-order valence-corrected chi connectivity index (χ3v) is 17.3. The lowest BCUT2D eigenvalue weighted by molar-refractivity contribution is -0.121. The Morgan fingerprint density at radius 3 is 1.49 bits per heavy atom. The molecule has 380 valence electrons. The number of nitrogens with zero attached hydrogens (tertiary/aromatic N) is 4. The SMILES string of the molecule is [C-]#[N+]c1cc(Cl)cc2c1C[C@H](N1CCCCC1)[C@H]2Oc1ccc(S(=O)(=O)NC(=O)CCCCC(=O)CCCCC(=O)NS(=O)(=O)c2ccc(OC3c4cc(Cl)cc(C#N)c4C[C@@H]3N3CCCCC3)cc2)cc1. The van der Waals surface area contributed by atoms with Crippen LogP contribution in [0.1, 0.15) is 130 Å². The van der Waals surface area contributed by atoms with E-state index in [1.807, 2.05) is 12.1 Å². The number of halogens is 2. The predicted molar refractivity (Wildman–Crippen MR) is 272 cm³/mol. The number of nitriles is 1. The minimum atomic E-state index is -4.19. The summed E-state index contributed by atoms with van der Waals surface area (Å²) < 4.78 is 69.7. The van der Waals surface area contributed by atoms with E-state index in [4.69, 9.17) is 39.2 Å². The van der Waals surface area contributed by atoms with Gasteiger partial charge in [-0.3, -0.25) is 24.2 Å². The van der Waals surface area contributed by atoms with Gasteiger partial charge in [-0.1, -0.05) is 36.0 Å². The smallest absolute Gasteiger partial charge is 0.264 e. The number of Topliss-reactive ketones (excluding diaryl/α,β-unsaturated/α-hetero) is 1. The first kappa shape index (κ1) is 52.8. The van der Waals surface area contributed by atoms with Crippen LogP contribution in [0.15, 0.2) is 82.6 Å². The Bertz CT molecular complexity index is 2770. The fourth-order valence-corrected chi connectivity index (χ4v) is 13.0. The zero-order valence-electron chi connectivity index (χ0n) is 39.9. The molecule has 2 saturated heterocycles. The number of nitrogens with one attached hydrogen (secondary N) is 2. The number of carbonyl (C=O) groups excluding carboxylic acids is 3. The van der Waals surface area contributed by atoms with Crippen LogP contribution in [-0.4, -0.2) is 82.5 Å². The summed E-state index contributed by atoms with van der Waals surface area (Å²) in [4.78, 5) is 46.2. The number of hydrogen-bond acceptors (Lipinski definition) is 12. The molecule has 0 aromatic heterocycles. The topological polar surface area (TPSA) is 197 Å². The molecular weight excluding hydrogens is 1000 g/mol. The molecule has 0 radical (unpaired) electrons. The van der Waals surface area contributed by atoms with Gasteiger partial charge in [-0.15, -0.1) is 0 Å². The van der Waals surface area contributed by atoms with E-state index in [9.17, 15) is 36.5 Å². The molecule has 2 N–H and O–H groups in total. The molecule has 2 amide bonds. The van der Waals surface area contributed by atoms with E-state index in [0.29, 0.717) is 58.5 Å². The lowest BCUT2D eigenvalue weighted by Gasteiger charge is -2.36. The second-order valence-corrected chi connectivity index (χ2v) is 23.2. The highest BCUT2D eigenvalue weighted by atomic mass is 35.5. The van der Waals surface area contributed by atoms with E-state index < -0.39 is 44.1 Å². The van der Waals surface area contributed by atoms with Gasteiger partial charge in [-0.05, 0) is 185 Å². The average Bonchev–Trinajstić information content (AvgIpc) is 3.91. The number of unbranched alkanes of at least 4 members (excludes halogenated alkanes) is 2. The van der Waals surface area contributed by atoms with Gasteiger partial charge in [0.25, 0.3) is 20.0 Å². The van der Waals surface area contributed by atoms with Gasteiger partial charge in [0.15, 0.2) is 5.69 Å². The van der Waals surface area contributed by atoms with Crippen LogP contribution in [0.2, 0.25) is 10.0 Å². The molecule has 2 heterocycles. The van der Waals surface area contributed by atoms with Crippen molar-refractivity contribution in [1.29, 1.82) is 5.26 Å². The Morgan fingerprint density at radius 1 is 0.625 bits per heavy atom. The maximum atomic E-state index is 13.1. The first-order valence-corrected chi connectivity index (χ1v) is 28.4. The Hall–Kier alpha value is -5.53. The summed E-state index contributed by atoms with van der Waals surface area (Å²) >= 11 is 12.8. The Morgan fingerprint density at radius 2 is 1.04 bits per heavy atom. The summed E-state index contributed by atoms with van der Waals surface area (Å²) in [5, 5.41) is 10.7. The summed E-state index contributed by atoms with van der Waals surface area (Å²) in [5.41, 5.74) is 4.56. The molecule has 4 atom stereocenters. The lowest BCUT2D eigenvalue weighted by Crippen LogP contribution is -2.43. The highest BCUT2D eigenvalue weighted by Gasteiger charge is 2.42. The summed E-state index contributed by atoms with van der Waals surface area (Å²) in [6, 6.07) is 21.0. The van der Waals surface area contributed by atoms with Crippen molar-refractivity contribution < 1.29 is 40.7 Å². The van der Waals surface area contributed by atoms with Crippen molar-refractivity contribution in [2.24, 2.45) is 0 Å². The van der Waals surface area contributed by atoms with Gasteiger partial charge in [0.2, 0.25) is 11.8 Å². The van der Waals surface area contributed by atoms with Crippen molar-refractivity contribution in [3.8, 4) is 17.6 Å². The highest BCUT2D eigenvalue weighted by Crippen LogP contribution is 2.45. The number of piperidine rings is 2. The molecule has 4 aromatic carbocycles. The Balaban J connectivity index is 0.737. The van der Waals surface area contributed by atoms with E-state index >= 15 is 0 Å². The summed E-state index contributed by atoms with van der Waals surface area (Å²) in [5.74, 6) is -0.625. The number of likely N-dealkylation sites (tertiary alicyclic amines) is 2. The van der Waals surface area contributed by atoms with E-state index in [2.05, 4.69) is 30.2 Å². The number of amides is 2. The van der Waals surface area contributed by atoms with Crippen LogP contribution in [0.4, 0.5) is 5.69 Å². The second-order valence-electron chi connectivity index (χ2n) is 19.0. The first-order chi connectivity index (χ1) is 34.6. The van der Waals surface area contributed by atoms with E-state index in [1.165, 1.54) is 24.3 Å². The van der Waals surface area contributed by atoms with Crippen LogP contribution in [0.25, 0.3) is 4.85 Å². The molecular formula is C53H58Cl2N6O9S2. The fraction of sp³-hybridized carbons (Fsp3) is 0.453. The van der Waals surface area contributed by atoms with E-state index in [0.717, 1.165) is 87.0 Å². The molecule has 0 bridgehead atoms. The predicted octanol–water partition coefficient (Wildman–Crippen LogP) is 9.48. The van der Waals surface area contributed by atoms with Crippen molar-refractivity contribution in [3.05, 3.63) is 122 Å². The number of hydrogen-bond donors (Lipinski definition) is 2. The van der Waals surface area contributed by atoms with Crippen molar-refractivity contribution in [3.63, 3.8) is 0 Å². The van der Waals surface area contributed by atoms with Crippen LogP contribution in [0.5, 0.6) is 11.5 Å². The minimum Gasteiger partial charge on any atom is -0.484 e. The molecule has 15 nitrogen and oxygen atoms in total. The molecule has 0 spiro atoms. The molecule has 1 unspecified atom stereocenters. The van der Waals surface area contributed by atoms with Crippen molar-refractivity contribution >= 4 is 66.5 Å². The zero-order chi connectivity index (χ0) is 51.0. The number of carbonyl (C=O) groups is 3. The molecule has 4 aliphatic rings. The molecule has 2 aliphatic heterocycles. The van der Waals surface area contributed by atoms with Gasteiger partial charge in [-0.25, -0.2) is 31.1 Å². The molecule has 8 rings (SSSR count). The van der Waals surface area contributed by atoms with Crippen LogP contribution in [0.3, 0.4) is 0 Å². The van der Waals surface area contributed by atoms with Gasteiger partial charge >= 0.3 is 0 Å². The molecule has 4 aromatic rings. The van der Waals surface area contributed by atoms with E-state index in [1.54, 1.807) is 36.4 Å². The zero-order valence-corrected chi connectivity index (χ0v) is 43.1. The molecule has 72 heavy (non-hydrogen) atoms. The number of ketones is 1. The molecule has 2 fully saturated rings. The van der Waals surface area contributed by atoms with Crippen LogP contribution < -0.4 is 18.9 Å². The first-order valence-electron chi connectivity index (χ1n) is 24.7. The van der Waals surface area contributed by atoms with E-state index in [-0.39, 0.29) is 66.2 Å². The van der Waals surface area contributed by atoms with Crippen molar-refractivity contribution in [2.45, 2.75) is 137 Å². The maximum absolute atomic E-state index is 13.1. The normalized spacial score (nSPS) is 20.1. The average molecular weight is 1060 g/mol. The van der Waals surface area contributed by atoms with Gasteiger partial charge in [0.1, 0.15) is 29.5 Å². The number of fused-ring (bicyclic) bond motifs is 2. The quantitative estimate of drug-likeness (QED) is 0.0629. The molecule has 2 aliphatic carbocycles. The summed E-state index contributed by atoms with van der Waals surface area (Å²) in [6.45, 7) is 11.4. The van der Waals surface area contributed by atoms with Crippen LogP contribution in [0, 0.1) is 17.9 Å². The fourth-order valence-electron chi connectivity index (χ4n) is 10.5. The number of benzene rings is 4. The highest BCUT2D eigenvalue weighted by molar-refractivity contribution is 7.90. The third-order valence-electron chi connectivity index (χ3n) is 14.1. The third kappa shape index (κ3) is 12.8. The lowest BCUT2D eigenvalue weighted by atomic mass is 10.0. The summed E-state index contributed by atoms with van der Waals surface area (Å²) in [7, 11) is -8.38. The van der Waals surface area contributed by atoms with Crippen molar-refractivity contribution in [1.82, 2.24) is 19.2 Å². The Labute approximate surface area is 432 Å². The van der Waals surface area contributed by atoms with Crippen LogP contribution in [-0.2, 0) is 47.3 Å². The van der Waals surface area contributed by atoms with Crippen LogP contribution >= 0.6 is 23.2 Å². The largest absolute Gasteiger partial charge is 0.484 e. The van der Waals surface area contributed by atoms with Crippen molar-refractivity contribution in [2.75, 3.05) is 26.2 Å². The number of rotatable bonds is 20. The molecule has 0 saturated carbocycles. The minimum absolute atomic E-state index is 0.00688. The second kappa shape index (κ2) is 23.6. The standard InChI is InChI=1S/C53H58Cl2N6O9S2/c1-57-47-31-37(55)30-46-44(47)33-49(61-26-10-3-11-27-61)53(46)70-40-18-22-42(23-19-40)72(67,68)59-51(64)15-7-5-13-38(62)12-4-6-14-50(63)58-71(65,66)41-20-16-39(17-21-41)69-52-45-29-36(54)28-35(34-56)43(45)32-48(52)60-24-8-2-9-25-60/h16-23,28-31,48-49,52-53H,2-15,24-27,32-33H2,(H,58,63)(H,59,64)/t48-,49-,52?,53-/m0/s1. The Kier molecular flexibility index (Phi) is 17.3. The maximum Gasteiger partial charge on any atom is 0.264 e. The number of ether oxygens (including phenoxy) is 2. The van der Waals surface area contributed by atoms with Gasteiger partial charge < -0.3 is 9.47 Å². The number of sulfonamides is 2. The van der Waals surface area contributed by atoms with Gasteiger partial charge in [0, 0.05) is 35.7 Å². The van der Waals surface area contributed by atoms with Gasteiger partial charge in [-0.2, -0.15) is 5.26 Å². The summed E-state index contributed by atoms with van der Waals surface area (Å²) in [6.07, 6.45) is 8.46. The van der Waals surface area contributed by atoms with Gasteiger partial charge in [0.05, 0.1) is 40.1 Å².